The fourth-order valence-corrected chi connectivity index (χ4v) is 2.93. The number of hydrogen-bond acceptors (Lipinski definition) is 4. The Morgan fingerprint density at radius 3 is 2.81 bits per heavy atom. The standard InChI is InChI=1S/C19H28N6O/c1-16-17(15-25(23-16)18-6-3-2-4-7-18)14-22-19(20)21-8-5-9-24-10-12-26-13-11-24/h2-4,6-7,15H,5,8-14H2,1H3,(H3,20,21,22). The summed E-state index contributed by atoms with van der Waals surface area (Å²) in [6.45, 7) is 8.14. The maximum Gasteiger partial charge on any atom is 0.188 e. The zero-order valence-electron chi connectivity index (χ0n) is 15.4. The minimum absolute atomic E-state index is 0.485. The van der Waals surface area contributed by atoms with E-state index in [0.717, 1.165) is 62.8 Å². The third-order valence-corrected chi connectivity index (χ3v) is 4.50. The Hall–Kier alpha value is -2.38. The van der Waals surface area contributed by atoms with Crippen LogP contribution >= 0.6 is 0 Å². The van der Waals surface area contributed by atoms with Gasteiger partial charge in [0, 0.05) is 31.4 Å². The summed E-state index contributed by atoms with van der Waals surface area (Å²) < 4.78 is 7.24. The highest BCUT2D eigenvalue weighted by Gasteiger charge is 2.09. The maximum atomic E-state index is 5.99. The normalized spacial score (nSPS) is 16.0. The van der Waals surface area contributed by atoms with E-state index in [1.54, 1.807) is 0 Å². The highest BCUT2D eigenvalue weighted by atomic mass is 16.5. The second-order valence-electron chi connectivity index (χ2n) is 6.46. The molecule has 0 bridgehead atoms. The van der Waals surface area contributed by atoms with E-state index in [2.05, 4.69) is 20.3 Å². The zero-order valence-corrected chi connectivity index (χ0v) is 15.4. The largest absolute Gasteiger partial charge is 0.379 e. The average Bonchev–Trinajstić information content (AvgIpc) is 3.06. The molecule has 26 heavy (non-hydrogen) atoms. The van der Waals surface area contributed by atoms with Gasteiger partial charge in [0.1, 0.15) is 0 Å². The van der Waals surface area contributed by atoms with Crippen molar-refractivity contribution < 1.29 is 4.74 Å². The molecule has 1 aromatic heterocycles. The van der Waals surface area contributed by atoms with Crippen molar-refractivity contribution in [1.82, 2.24) is 20.0 Å². The number of hydrogen-bond donors (Lipinski definition) is 2. The first-order chi connectivity index (χ1) is 12.7. The number of aliphatic imine (C=N–C) groups is 1. The minimum atomic E-state index is 0.485. The third-order valence-electron chi connectivity index (χ3n) is 4.50. The SMILES string of the molecule is Cc1nn(-c2ccccc2)cc1CN=C(N)NCCCN1CCOCC1. The number of rotatable bonds is 7. The molecule has 3 N–H and O–H groups in total. The molecule has 2 aromatic rings. The van der Waals surface area contributed by atoms with E-state index in [4.69, 9.17) is 10.5 Å². The van der Waals surface area contributed by atoms with Crippen molar-refractivity contribution in [3.8, 4) is 5.69 Å². The number of aromatic nitrogens is 2. The predicted octanol–water partition coefficient (Wildman–Crippen LogP) is 1.31. The molecule has 2 heterocycles. The number of nitrogens with one attached hydrogen (secondary N) is 1. The van der Waals surface area contributed by atoms with Gasteiger partial charge in [-0.1, -0.05) is 18.2 Å². The number of guanidine groups is 1. The number of benzene rings is 1. The molecule has 0 saturated carbocycles. The van der Waals surface area contributed by atoms with Gasteiger partial charge in [0.2, 0.25) is 0 Å². The lowest BCUT2D eigenvalue weighted by atomic mass is 10.3. The lowest BCUT2D eigenvalue weighted by molar-refractivity contribution is 0.0376. The van der Waals surface area contributed by atoms with E-state index in [-0.39, 0.29) is 0 Å². The molecule has 1 saturated heterocycles. The smallest absolute Gasteiger partial charge is 0.188 e. The Bertz CT molecular complexity index is 706. The topological polar surface area (TPSA) is 80.7 Å². The van der Waals surface area contributed by atoms with Crippen LogP contribution in [0.25, 0.3) is 5.69 Å². The summed E-state index contributed by atoms with van der Waals surface area (Å²) in [5, 5.41) is 7.75. The van der Waals surface area contributed by atoms with Gasteiger partial charge in [0.15, 0.2) is 5.96 Å². The summed E-state index contributed by atoms with van der Waals surface area (Å²) in [5.74, 6) is 0.485. The van der Waals surface area contributed by atoms with Crippen molar-refractivity contribution in [3.05, 3.63) is 47.8 Å². The second-order valence-corrected chi connectivity index (χ2v) is 6.46. The summed E-state index contributed by atoms with van der Waals surface area (Å²) in [6, 6.07) is 10.1. The minimum Gasteiger partial charge on any atom is -0.379 e. The van der Waals surface area contributed by atoms with Crippen LogP contribution in [0.4, 0.5) is 0 Å². The monoisotopic (exact) mass is 356 g/mol. The molecule has 1 aliphatic heterocycles. The molecule has 1 fully saturated rings. The third kappa shape index (κ3) is 5.31. The zero-order chi connectivity index (χ0) is 18.2. The van der Waals surface area contributed by atoms with Crippen LogP contribution < -0.4 is 11.1 Å². The molecular weight excluding hydrogens is 328 g/mol. The van der Waals surface area contributed by atoms with Crippen molar-refractivity contribution in [2.24, 2.45) is 10.7 Å². The van der Waals surface area contributed by atoms with Gasteiger partial charge < -0.3 is 15.8 Å². The van der Waals surface area contributed by atoms with Gasteiger partial charge in [-0.2, -0.15) is 5.10 Å². The van der Waals surface area contributed by atoms with Crippen LogP contribution in [0.1, 0.15) is 17.7 Å². The molecule has 0 spiro atoms. The lowest BCUT2D eigenvalue weighted by Gasteiger charge is -2.26. The van der Waals surface area contributed by atoms with Gasteiger partial charge in [-0.15, -0.1) is 0 Å². The lowest BCUT2D eigenvalue weighted by Crippen LogP contribution is -2.39. The molecular formula is C19H28N6O. The van der Waals surface area contributed by atoms with E-state index in [0.29, 0.717) is 12.5 Å². The highest BCUT2D eigenvalue weighted by molar-refractivity contribution is 5.77. The molecule has 0 amide bonds. The summed E-state index contributed by atoms with van der Waals surface area (Å²) in [7, 11) is 0. The average molecular weight is 356 g/mol. The van der Waals surface area contributed by atoms with E-state index < -0.39 is 0 Å². The summed E-state index contributed by atoms with van der Waals surface area (Å²) in [6.07, 6.45) is 3.06. The number of nitrogens with zero attached hydrogens (tertiary/aromatic N) is 4. The van der Waals surface area contributed by atoms with Gasteiger partial charge in [-0.3, -0.25) is 4.90 Å². The van der Waals surface area contributed by atoms with Gasteiger partial charge in [-0.05, 0) is 32.0 Å². The maximum absolute atomic E-state index is 5.99. The van der Waals surface area contributed by atoms with Crippen LogP contribution in [0.5, 0.6) is 0 Å². The van der Waals surface area contributed by atoms with Crippen LogP contribution in [-0.4, -0.2) is 60.0 Å². The molecule has 0 atom stereocenters. The number of ether oxygens (including phenoxy) is 1. The molecule has 0 radical (unpaired) electrons. The molecule has 0 aliphatic carbocycles. The number of aryl methyl sites for hydroxylation is 1. The Labute approximate surface area is 154 Å². The Morgan fingerprint density at radius 2 is 2.04 bits per heavy atom. The van der Waals surface area contributed by atoms with Crippen LogP contribution in [-0.2, 0) is 11.3 Å². The predicted molar refractivity (Wildman–Crippen MR) is 104 cm³/mol. The van der Waals surface area contributed by atoms with Gasteiger partial charge in [-0.25, -0.2) is 9.67 Å². The molecule has 3 rings (SSSR count). The van der Waals surface area contributed by atoms with E-state index >= 15 is 0 Å². The van der Waals surface area contributed by atoms with E-state index in [1.165, 1.54) is 0 Å². The highest BCUT2D eigenvalue weighted by Crippen LogP contribution is 2.12. The molecule has 0 unspecified atom stereocenters. The first-order valence-corrected chi connectivity index (χ1v) is 9.17. The van der Waals surface area contributed by atoms with Crippen LogP contribution in [0, 0.1) is 6.92 Å². The van der Waals surface area contributed by atoms with Crippen molar-refractivity contribution in [2.45, 2.75) is 19.9 Å². The molecule has 7 heteroatoms. The quantitative estimate of drug-likeness (QED) is 0.444. The first kappa shape index (κ1) is 18.4. The van der Waals surface area contributed by atoms with Crippen molar-refractivity contribution in [1.29, 1.82) is 0 Å². The number of morpholine rings is 1. The molecule has 1 aromatic carbocycles. The summed E-state index contributed by atoms with van der Waals surface area (Å²) in [4.78, 5) is 6.86. The van der Waals surface area contributed by atoms with Crippen molar-refractivity contribution >= 4 is 5.96 Å². The summed E-state index contributed by atoms with van der Waals surface area (Å²) >= 11 is 0. The molecule has 7 nitrogen and oxygen atoms in total. The molecule has 140 valence electrons. The van der Waals surface area contributed by atoms with Crippen molar-refractivity contribution in [2.75, 3.05) is 39.4 Å². The fourth-order valence-electron chi connectivity index (χ4n) is 2.93. The van der Waals surface area contributed by atoms with Crippen LogP contribution in [0.2, 0.25) is 0 Å². The first-order valence-electron chi connectivity index (χ1n) is 9.17. The van der Waals surface area contributed by atoms with Crippen LogP contribution in [0.3, 0.4) is 0 Å². The summed E-state index contributed by atoms with van der Waals surface area (Å²) in [5.41, 5.74) is 9.07. The Morgan fingerprint density at radius 1 is 1.27 bits per heavy atom. The second kappa shape index (κ2) is 9.35. The van der Waals surface area contributed by atoms with Crippen molar-refractivity contribution in [3.63, 3.8) is 0 Å². The van der Waals surface area contributed by atoms with Gasteiger partial charge in [0.05, 0.1) is 31.1 Å². The van der Waals surface area contributed by atoms with Gasteiger partial charge in [0.25, 0.3) is 0 Å². The van der Waals surface area contributed by atoms with E-state index in [1.807, 2.05) is 48.1 Å². The van der Waals surface area contributed by atoms with Gasteiger partial charge >= 0.3 is 0 Å². The van der Waals surface area contributed by atoms with Crippen LogP contribution in [0.15, 0.2) is 41.5 Å². The Balaban J connectivity index is 1.44. The van der Waals surface area contributed by atoms with E-state index in [9.17, 15) is 0 Å². The molecule has 1 aliphatic rings. The Kier molecular flexibility index (Phi) is 6.62. The fraction of sp³-hybridized carbons (Fsp3) is 0.474. The number of para-hydroxylation sites is 1. The number of nitrogens with two attached hydrogens (primary N) is 1.